The number of para-hydroxylation sites is 1. The Labute approximate surface area is 195 Å². The standard InChI is InChI=1S/C24H26N6O2S/c1-17-7-3-4-8-18(17)15-28-11-13-29(14-12-28)21(31)16-33-24-26-25-23-27(2)22(32)19-9-5-6-10-20(19)30(23)24/h3-10H,11-16H2,1-2H3. The summed E-state index contributed by atoms with van der Waals surface area (Å²) in [4.78, 5) is 29.8. The summed E-state index contributed by atoms with van der Waals surface area (Å²) in [7, 11) is 1.69. The molecule has 0 spiro atoms. The molecule has 0 unspecified atom stereocenters. The number of hydrogen-bond acceptors (Lipinski definition) is 6. The number of carbonyl (C=O) groups is 1. The van der Waals surface area contributed by atoms with Crippen LogP contribution in [0.5, 0.6) is 0 Å². The van der Waals surface area contributed by atoms with Crippen LogP contribution in [0.25, 0.3) is 16.7 Å². The Balaban J connectivity index is 1.25. The van der Waals surface area contributed by atoms with Gasteiger partial charge in [0, 0.05) is 39.8 Å². The number of amides is 1. The van der Waals surface area contributed by atoms with Gasteiger partial charge in [-0.05, 0) is 30.2 Å². The van der Waals surface area contributed by atoms with E-state index in [1.165, 1.54) is 27.5 Å². The number of hydrogen-bond donors (Lipinski definition) is 0. The van der Waals surface area contributed by atoms with Gasteiger partial charge in [0.05, 0.1) is 16.7 Å². The van der Waals surface area contributed by atoms with Crippen LogP contribution < -0.4 is 5.56 Å². The van der Waals surface area contributed by atoms with E-state index in [1.54, 1.807) is 13.1 Å². The highest BCUT2D eigenvalue weighted by atomic mass is 32.2. The molecule has 5 rings (SSSR count). The van der Waals surface area contributed by atoms with Crippen molar-refractivity contribution in [2.24, 2.45) is 7.05 Å². The van der Waals surface area contributed by atoms with Crippen molar-refractivity contribution in [2.75, 3.05) is 31.9 Å². The zero-order valence-electron chi connectivity index (χ0n) is 18.8. The van der Waals surface area contributed by atoms with Gasteiger partial charge in [-0.25, -0.2) is 0 Å². The Morgan fingerprint density at radius 3 is 2.52 bits per heavy atom. The van der Waals surface area contributed by atoms with E-state index in [-0.39, 0.29) is 17.2 Å². The van der Waals surface area contributed by atoms with Gasteiger partial charge in [-0.3, -0.25) is 23.5 Å². The number of aromatic nitrogens is 4. The largest absolute Gasteiger partial charge is 0.339 e. The predicted octanol–water partition coefficient (Wildman–Crippen LogP) is 2.33. The normalized spacial score (nSPS) is 14.9. The molecule has 8 nitrogen and oxygen atoms in total. The van der Waals surface area contributed by atoms with E-state index >= 15 is 0 Å². The summed E-state index contributed by atoms with van der Waals surface area (Å²) < 4.78 is 3.35. The van der Waals surface area contributed by atoms with E-state index in [0.717, 1.165) is 38.2 Å². The minimum absolute atomic E-state index is 0.0985. The van der Waals surface area contributed by atoms with Gasteiger partial charge in [0.2, 0.25) is 11.7 Å². The molecule has 1 saturated heterocycles. The molecule has 1 aliphatic rings. The number of thioether (sulfide) groups is 1. The van der Waals surface area contributed by atoms with E-state index in [9.17, 15) is 9.59 Å². The molecule has 170 valence electrons. The van der Waals surface area contributed by atoms with E-state index in [4.69, 9.17) is 0 Å². The van der Waals surface area contributed by atoms with Crippen LogP contribution in [0, 0.1) is 6.92 Å². The molecule has 3 heterocycles. The lowest BCUT2D eigenvalue weighted by Gasteiger charge is -2.35. The second-order valence-corrected chi connectivity index (χ2v) is 9.31. The first-order chi connectivity index (χ1) is 16.0. The number of benzene rings is 2. The molecule has 0 radical (unpaired) electrons. The molecule has 33 heavy (non-hydrogen) atoms. The molecule has 0 atom stereocenters. The molecule has 1 aliphatic heterocycles. The molecular weight excluding hydrogens is 436 g/mol. The van der Waals surface area contributed by atoms with Crippen LogP contribution >= 0.6 is 11.8 Å². The van der Waals surface area contributed by atoms with Crippen LogP contribution in [0.15, 0.2) is 58.5 Å². The van der Waals surface area contributed by atoms with Crippen molar-refractivity contribution in [3.63, 3.8) is 0 Å². The van der Waals surface area contributed by atoms with Gasteiger partial charge < -0.3 is 4.90 Å². The SMILES string of the molecule is Cc1ccccc1CN1CCN(C(=O)CSc2nnc3n(C)c(=O)c4ccccc4n23)CC1. The van der Waals surface area contributed by atoms with Crippen LogP contribution in [-0.2, 0) is 18.4 Å². The van der Waals surface area contributed by atoms with Crippen LogP contribution in [0.4, 0.5) is 0 Å². The Morgan fingerprint density at radius 1 is 1.00 bits per heavy atom. The first-order valence-corrected chi connectivity index (χ1v) is 12.0. The van der Waals surface area contributed by atoms with Gasteiger partial charge in [0.25, 0.3) is 5.56 Å². The highest BCUT2D eigenvalue weighted by molar-refractivity contribution is 7.99. The second-order valence-electron chi connectivity index (χ2n) is 8.37. The monoisotopic (exact) mass is 462 g/mol. The summed E-state index contributed by atoms with van der Waals surface area (Å²) >= 11 is 1.36. The maximum Gasteiger partial charge on any atom is 0.262 e. The second kappa shape index (κ2) is 8.99. The minimum atomic E-state index is -0.110. The summed E-state index contributed by atoms with van der Waals surface area (Å²) in [5, 5.41) is 9.69. The number of carbonyl (C=O) groups excluding carboxylic acids is 1. The number of aryl methyl sites for hydroxylation is 2. The number of rotatable bonds is 5. The maximum atomic E-state index is 12.9. The molecule has 0 aliphatic carbocycles. The van der Waals surface area contributed by atoms with E-state index in [2.05, 4.69) is 46.3 Å². The zero-order valence-corrected chi connectivity index (χ0v) is 19.6. The smallest absolute Gasteiger partial charge is 0.262 e. The van der Waals surface area contributed by atoms with E-state index in [1.807, 2.05) is 27.5 Å². The molecular formula is C24H26N6O2S. The average Bonchev–Trinajstić information content (AvgIpc) is 3.27. The highest BCUT2D eigenvalue weighted by Gasteiger charge is 2.23. The van der Waals surface area contributed by atoms with Crippen LogP contribution in [-0.4, -0.2) is 66.8 Å². The third kappa shape index (κ3) is 4.14. The molecule has 4 aromatic rings. The first-order valence-electron chi connectivity index (χ1n) is 11.0. The molecule has 2 aromatic carbocycles. The predicted molar refractivity (Wildman–Crippen MR) is 129 cm³/mol. The fourth-order valence-corrected chi connectivity index (χ4v) is 5.15. The summed E-state index contributed by atoms with van der Waals surface area (Å²) in [5.74, 6) is 0.857. The van der Waals surface area contributed by atoms with Crippen molar-refractivity contribution < 1.29 is 4.79 Å². The Morgan fingerprint density at radius 2 is 1.73 bits per heavy atom. The summed E-state index contributed by atoms with van der Waals surface area (Å²) in [6.07, 6.45) is 0. The molecule has 9 heteroatoms. The first kappa shape index (κ1) is 21.7. The van der Waals surface area contributed by atoms with Crippen molar-refractivity contribution in [3.05, 3.63) is 70.0 Å². The maximum absolute atomic E-state index is 12.9. The molecule has 0 saturated carbocycles. The zero-order chi connectivity index (χ0) is 22.9. The lowest BCUT2D eigenvalue weighted by atomic mass is 10.1. The number of fused-ring (bicyclic) bond motifs is 3. The van der Waals surface area contributed by atoms with E-state index < -0.39 is 0 Å². The average molecular weight is 463 g/mol. The summed E-state index contributed by atoms with van der Waals surface area (Å²) in [6, 6.07) is 15.9. The summed E-state index contributed by atoms with van der Waals surface area (Å²) in [6.45, 7) is 6.24. The highest BCUT2D eigenvalue weighted by Crippen LogP contribution is 2.22. The van der Waals surface area contributed by atoms with Crippen molar-refractivity contribution in [3.8, 4) is 0 Å². The fourth-order valence-electron chi connectivity index (χ4n) is 4.31. The van der Waals surface area contributed by atoms with Gasteiger partial charge in [0.1, 0.15) is 0 Å². The number of piperazine rings is 1. The van der Waals surface area contributed by atoms with Gasteiger partial charge in [-0.2, -0.15) is 0 Å². The topological polar surface area (TPSA) is 75.7 Å². The van der Waals surface area contributed by atoms with Crippen molar-refractivity contribution in [2.45, 2.75) is 18.6 Å². The lowest BCUT2D eigenvalue weighted by molar-refractivity contribution is -0.130. The Hall–Kier alpha value is -3.17. The Bertz CT molecular complexity index is 1390. The summed E-state index contributed by atoms with van der Waals surface area (Å²) in [5.41, 5.74) is 3.29. The van der Waals surface area contributed by atoms with Crippen LogP contribution in [0.3, 0.4) is 0 Å². The van der Waals surface area contributed by atoms with Crippen molar-refractivity contribution >= 4 is 34.3 Å². The van der Waals surface area contributed by atoms with Crippen LogP contribution in [0.1, 0.15) is 11.1 Å². The molecule has 0 N–H and O–H groups in total. The molecule has 0 bridgehead atoms. The van der Waals surface area contributed by atoms with Crippen molar-refractivity contribution in [1.82, 2.24) is 29.0 Å². The number of nitrogens with zero attached hydrogens (tertiary/aromatic N) is 6. The molecule has 1 fully saturated rings. The minimum Gasteiger partial charge on any atom is -0.339 e. The van der Waals surface area contributed by atoms with Crippen molar-refractivity contribution in [1.29, 1.82) is 0 Å². The fraction of sp³-hybridized carbons (Fsp3) is 0.333. The van der Waals surface area contributed by atoms with E-state index in [0.29, 0.717) is 16.3 Å². The third-order valence-corrected chi connectivity index (χ3v) is 7.21. The Kier molecular flexibility index (Phi) is 5.90. The van der Waals surface area contributed by atoms with Gasteiger partial charge >= 0.3 is 0 Å². The van der Waals surface area contributed by atoms with Crippen LogP contribution in [0.2, 0.25) is 0 Å². The third-order valence-electron chi connectivity index (χ3n) is 6.30. The lowest BCUT2D eigenvalue weighted by Crippen LogP contribution is -2.48. The van der Waals surface area contributed by atoms with Gasteiger partial charge in [-0.15, -0.1) is 10.2 Å². The quantitative estimate of drug-likeness (QED) is 0.424. The van der Waals surface area contributed by atoms with Gasteiger partial charge in [-0.1, -0.05) is 48.2 Å². The molecule has 1 amide bonds. The van der Waals surface area contributed by atoms with Gasteiger partial charge in [0.15, 0.2) is 5.16 Å². The molecule has 2 aromatic heterocycles.